The van der Waals surface area contributed by atoms with Gasteiger partial charge in [-0.3, -0.25) is 9.59 Å². The summed E-state index contributed by atoms with van der Waals surface area (Å²) in [5.74, 6) is -1.08. The van der Waals surface area contributed by atoms with Crippen LogP contribution < -0.4 is 0 Å². The van der Waals surface area contributed by atoms with Gasteiger partial charge in [0.05, 0.1) is 23.9 Å². The number of nitrogens with zero attached hydrogens (tertiary/aromatic N) is 3. The first-order chi connectivity index (χ1) is 18.6. The molecule has 0 N–H and O–H groups in total. The first kappa shape index (κ1) is 28.6. The molecule has 0 aliphatic carbocycles. The van der Waals surface area contributed by atoms with Crippen molar-refractivity contribution in [3.05, 3.63) is 105 Å². The van der Waals surface area contributed by atoms with Gasteiger partial charge in [0.15, 0.2) is 0 Å². The fourth-order valence-corrected chi connectivity index (χ4v) is 4.59. The minimum absolute atomic E-state index is 0.0165. The summed E-state index contributed by atoms with van der Waals surface area (Å²) in [6.45, 7) is -0.205. The van der Waals surface area contributed by atoms with Crippen molar-refractivity contribution in [2.45, 2.75) is 18.6 Å². The summed E-state index contributed by atoms with van der Waals surface area (Å²) in [4.78, 5) is 28.1. The van der Waals surface area contributed by atoms with Crippen LogP contribution in [0.15, 0.2) is 77.9 Å². The summed E-state index contributed by atoms with van der Waals surface area (Å²) in [5, 5.41) is 6.94. The number of amides is 2. The lowest BCUT2D eigenvalue weighted by molar-refractivity contribution is -0.137. The fraction of sp³-hybridized carbons (Fsp3) is 0.250. The minimum atomic E-state index is -4.53. The highest BCUT2D eigenvalue weighted by Gasteiger charge is 2.35. The highest BCUT2D eigenvalue weighted by atomic mass is 35.5. The molecule has 0 radical (unpaired) electrons. The van der Waals surface area contributed by atoms with Gasteiger partial charge in [0.25, 0.3) is 11.8 Å². The number of carbonyl (C=O) groups is 2. The molecule has 3 aromatic rings. The Hall–Kier alpha value is -3.40. The maximum atomic E-state index is 13.6. The molecule has 1 atom stereocenters. The number of methoxy groups -OCH3 is 1. The Labute approximate surface area is 233 Å². The Morgan fingerprint density at radius 1 is 1.03 bits per heavy atom. The summed E-state index contributed by atoms with van der Waals surface area (Å²) >= 11 is 12.5. The average Bonchev–Trinajstić information content (AvgIpc) is 3.36. The van der Waals surface area contributed by atoms with Crippen molar-refractivity contribution >= 4 is 40.7 Å². The molecule has 3 aromatic carbocycles. The van der Waals surface area contributed by atoms with E-state index >= 15 is 0 Å². The molecule has 39 heavy (non-hydrogen) atoms. The van der Waals surface area contributed by atoms with Gasteiger partial charge in [0, 0.05) is 41.2 Å². The maximum absolute atomic E-state index is 13.6. The smallest absolute Gasteiger partial charge is 0.383 e. The van der Waals surface area contributed by atoms with Gasteiger partial charge in [-0.1, -0.05) is 53.5 Å². The van der Waals surface area contributed by atoms with E-state index in [9.17, 15) is 22.8 Å². The van der Waals surface area contributed by atoms with Crippen molar-refractivity contribution in [2.24, 2.45) is 5.10 Å². The quantitative estimate of drug-likeness (QED) is 0.308. The molecule has 1 aliphatic heterocycles. The van der Waals surface area contributed by atoms with Crippen molar-refractivity contribution < 1.29 is 27.5 Å². The zero-order valence-electron chi connectivity index (χ0n) is 20.8. The third-order valence-corrected chi connectivity index (χ3v) is 6.82. The highest BCUT2D eigenvalue weighted by Crippen LogP contribution is 2.35. The maximum Gasteiger partial charge on any atom is 0.416 e. The number of carbonyl (C=O) groups excluding carboxylic acids is 2. The van der Waals surface area contributed by atoms with Gasteiger partial charge in [-0.05, 0) is 48.0 Å². The number of hydrogen-bond acceptors (Lipinski definition) is 4. The van der Waals surface area contributed by atoms with Crippen LogP contribution in [0.1, 0.15) is 39.5 Å². The van der Waals surface area contributed by atoms with Crippen LogP contribution in [-0.2, 0) is 15.7 Å². The first-order valence-electron chi connectivity index (χ1n) is 11.9. The number of hydrazone groups is 1. The van der Waals surface area contributed by atoms with Crippen LogP contribution in [0.25, 0.3) is 0 Å². The molecule has 1 heterocycles. The van der Waals surface area contributed by atoms with E-state index in [1.54, 1.807) is 36.4 Å². The Kier molecular flexibility index (Phi) is 8.94. The fourth-order valence-electron chi connectivity index (χ4n) is 4.22. The molecule has 0 bridgehead atoms. The van der Waals surface area contributed by atoms with Crippen LogP contribution in [-0.4, -0.2) is 54.2 Å². The molecule has 2 amide bonds. The number of rotatable bonds is 8. The monoisotopic (exact) mass is 577 g/mol. The Morgan fingerprint density at radius 2 is 1.69 bits per heavy atom. The van der Waals surface area contributed by atoms with Gasteiger partial charge in [0.1, 0.15) is 6.54 Å². The molecule has 6 nitrogen and oxygen atoms in total. The van der Waals surface area contributed by atoms with Crippen molar-refractivity contribution in [1.29, 1.82) is 0 Å². The zero-order valence-corrected chi connectivity index (χ0v) is 22.3. The summed E-state index contributed by atoms with van der Waals surface area (Å²) in [5.41, 5.74) is 1.22. The van der Waals surface area contributed by atoms with E-state index in [0.717, 1.165) is 29.8 Å². The van der Waals surface area contributed by atoms with E-state index < -0.39 is 29.6 Å². The molecule has 0 aromatic heterocycles. The molecule has 0 fully saturated rings. The zero-order chi connectivity index (χ0) is 28.2. The van der Waals surface area contributed by atoms with Gasteiger partial charge >= 0.3 is 6.18 Å². The molecular weight excluding hydrogens is 554 g/mol. The van der Waals surface area contributed by atoms with Gasteiger partial charge in [0.2, 0.25) is 0 Å². The average molecular weight is 578 g/mol. The van der Waals surface area contributed by atoms with Crippen LogP contribution in [0.4, 0.5) is 13.2 Å². The third-order valence-electron chi connectivity index (χ3n) is 6.24. The number of hydrogen-bond donors (Lipinski definition) is 0. The van der Waals surface area contributed by atoms with E-state index in [4.69, 9.17) is 27.9 Å². The summed E-state index contributed by atoms with van der Waals surface area (Å²) in [6.07, 6.45) is -4.15. The summed E-state index contributed by atoms with van der Waals surface area (Å²) in [6, 6.07) is 17.6. The van der Waals surface area contributed by atoms with E-state index in [1.807, 2.05) is 12.1 Å². The molecule has 4 rings (SSSR count). The minimum Gasteiger partial charge on any atom is -0.383 e. The van der Waals surface area contributed by atoms with Crippen LogP contribution in [0.5, 0.6) is 0 Å². The number of ether oxygens (including phenoxy) is 1. The van der Waals surface area contributed by atoms with Crippen molar-refractivity contribution in [3.63, 3.8) is 0 Å². The highest BCUT2D eigenvalue weighted by molar-refractivity contribution is 6.34. The molecule has 1 aliphatic rings. The van der Waals surface area contributed by atoms with Crippen molar-refractivity contribution in [3.8, 4) is 0 Å². The van der Waals surface area contributed by atoms with Gasteiger partial charge in [-0.15, -0.1) is 0 Å². The summed E-state index contributed by atoms with van der Waals surface area (Å²) in [7, 11) is 1.44. The summed E-state index contributed by atoms with van der Waals surface area (Å²) < 4.78 is 44.0. The van der Waals surface area contributed by atoms with Crippen molar-refractivity contribution in [1.82, 2.24) is 9.91 Å². The standard InChI is InChI=1S/C28H24Cl2F3N3O3/c1-39-15-14-35(27(38)19-6-10-20(11-7-19)28(31,32)33)17-26(37)36-25(18-8-12-21(29)13-9-18)16-24(34-36)22-4-2-3-5-23(22)30/h2-13,25H,14-17H2,1H3. The first-order valence-corrected chi connectivity index (χ1v) is 12.7. The molecule has 0 saturated carbocycles. The van der Waals surface area contributed by atoms with E-state index in [0.29, 0.717) is 27.7 Å². The second-order valence-corrected chi connectivity index (χ2v) is 9.67. The van der Waals surface area contributed by atoms with E-state index in [-0.39, 0.29) is 25.3 Å². The Bertz CT molecular complexity index is 1360. The second-order valence-electron chi connectivity index (χ2n) is 8.83. The Morgan fingerprint density at radius 3 is 2.31 bits per heavy atom. The van der Waals surface area contributed by atoms with E-state index in [2.05, 4.69) is 5.10 Å². The second kappa shape index (κ2) is 12.2. The molecule has 1 unspecified atom stereocenters. The SMILES string of the molecule is COCCN(CC(=O)N1N=C(c2ccccc2Cl)CC1c1ccc(Cl)cc1)C(=O)c1ccc(C(F)(F)F)cc1. The third kappa shape index (κ3) is 6.79. The molecule has 0 saturated heterocycles. The van der Waals surface area contributed by atoms with Crippen LogP contribution in [0.3, 0.4) is 0 Å². The van der Waals surface area contributed by atoms with Gasteiger partial charge in [-0.2, -0.15) is 18.3 Å². The normalized spacial score (nSPS) is 15.3. The lowest BCUT2D eigenvalue weighted by Crippen LogP contribution is -2.42. The lowest BCUT2D eigenvalue weighted by atomic mass is 9.98. The molecule has 204 valence electrons. The predicted octanol–water partition coefficient (Wildman–Crippen LogP) is 6.48. The largest absolute Gasteiger partial charge is 0.416 e. The van der Waals surface area contributed by atoms with Crippen LogP contribution >= 0.6 is 23.2 Å². The molecular formula is C28H24Cl2F3N3O3. The van der Waals surface area contributed by atoms with Crippen LogP contribution in [0, 0.1) is 0 Å². The van der Waals surface area contributed by atoms with Crippen LogP contribution in [0.2, 0.25) is 10.0 Å². The van der Waals surface area contributed by atoms with E-state index in [1.165, 1.54) is 17.0 Å². The van der Waals surface area contributed by atoms with Gasteiger partial charge in [-0.25, -0.2) is 5.01 Å². The topological polar surface area (TPSA) is 62.2 Å². The van der Waals surface area contributed by atoms with Crippen molar-refractivity contribution in [2.75, 3.05) is 26.8 Å². The van der Waals surface area contributed by atoms with Gasteiger partial charge < -0.3 is 9.64 Å². The number of halogens is 5. The number of alkyl halides is 3. The predicted molar refractivity (Wildman–Crippen MR) is 143 cm³/mol. The number of benzene rings is 3. The Balaban J connectivity index is 1.62. The molecule has 0 spiro atoms. The lowest BCUT2D eigenvalue weighted by Gasteiger charge is -2.27. The molecule has 11 heteroatoms.